The van der Waals surface area contributed by atoms with Crippen LogP contribution in [0.5, 0.6) is 17.2 Å². The van der Waals surface area contributed by atoms with Crippen LogP contribution in [0.25, 0.3) is 22.2 Å². The Morgan fingerprint density at radius 3 is 2.40 bits per heavy atom. The number of rotatable bonds is 18. The summed E-state index contributed by atoms with van der Waals surface area (Å²) >= 11 is 6.99. The first-order valence-electron chi connectivity index (χ1n) is 21.2. The fourth-order valence-corrected chi connectivity index (χ4v) is 8.34. The molecule has 0 aliphatic carbocycles. The third-order valence-corrected chi connectivity index (χ3v) is 11.8. The molecule has 0 spiro atoms. The van der Waals surface area contributed by atoms with Crippen molar-refractivity contribution >= 4 is 22.6 Å². The van der Waals surface area contributed by atoms with Crippen molar-refractivity contribution in [2.24, 2.45) is 0 Å². The lowest BCUT2D eigenvalue weighted by molar-refractivity contribution is 0.173. The Kier molecular flexibility index (Phi) is 13.8. The van der Waals surface area contributed by atoms with Crippen LogP contribution in [-0.4, -0.2) is 56.9 Å². The van der Waals surface area contributed by atoms with E-state index in [-0.39, 0.29) is 12.7 Å². The van der Waals surface area contributed by atoms with Crippen LogP contribution < -0.4 is 19.5 Å². The van der Waals surface area contributed by atoms with Gasteiger partial charge in [0, 0.05) is 62.3 Å². The average Bonchev–Trinajstić information content (AvgIpc) is 3.87. The number of imidazole rings is 1. The molecule has 3 heterocycles. The topological polar surface area (TPSA) is 118 Å². The van der Waals surface area contributed by atoms with Crippen LogP contribution in [0.4, 0.5) is 0 Å². The van der Waals surface area contributed by atoms with Gasteiger partial charge in [0.25, 0.3) is 0 Å². The van der Waals surface area contributed by atoms with Crippen molar-refractivity contribution in [1.29, 1.82) is 5.26 Å². The number of nitriles is 1. The first kappa shape index (κ1) is 42.5. The Bertz CT molecular complexity index is 2680. The number of pyridine rings is 1. The molecule has 316 valence electrons. The highest BCUT2D eigenvalue weighted by atomic mass is 35.5. The number of ether oxygens (including phenoxy) is 3. The number of aliphatic hydroxyl groups excluding tert-OH is 1. The summed E-state index contributed by atoms with van der Waals surface area (Å²) in [5.41, 5.74) is 10.8. The highest BCUT2D eigenvalue weighted by molar-refractivity contribution is 6.32. The van der Waals surface area contributed by atoms with Crippen molar-refractivity contribution in [1.82, 2.24) is 24.8 Å². The lowest BCUT2D eigenvalue weighted by Crippen LogP contribution is -2.24. The lowest BCUT2D eigenvalue weighted by atomic mass is 9.93. The summed E-state index contributed by atoms with van der Waals surface area (Å²) in [6.07, 6.45) is 4.77. The first-order chi connectivity index (χ1) is 30.3. The summed E-state index contributed by atoms with van der Waals surface area (Å²) in [4.78, 5) is 11.5. The van der Waals surface area contributed by atoms with Crippen molar-refractivity contribution in [3.8, 4) is 34.4 Å². The molecule has 1 saturated heterocycles. The van der Waals surface area contributed by atoms with E-state index in [9.17, 15) is 10.4 Å². The summed E-state index contributed by atoms with van der Waals surface area (Å²) in [6, 6.07) is 38.7. The van der Waals surface area contributed by atoms with Gasteiger partial charge in [-0.1, -0.05) is 84.4 Å². The number of halogens is 1. The summed E-state index contributed by atoms with van der Waals surface area (Å²) in [5.74, 6) is 2.90. The molecule has 7 aromatic rings. The van der Waals surface area contributed by atoms with E-state index in [1.165, 1.54) is 11.8 Å². The van der Waals surface area contributed by atoms with Crippen molar-refractivity contribution in [3.05, 3.63) is 171 Å². The molecule has 10 nitrogen and oxygen atoms in total. The minimum Gasteiger partial charge on any atom is -0.493 e. The standard InChI is InChI=1S/C51H51ClN6O4/c1-35-40(13-8-14-43(35)44-15-9-18-48(36(44)2)60-22-10-20-57-21-19-42(59)32-57)34-62-50-25-49(61-33-39-23-38(26-53)27-54-28-39)41(24-45(50)52)29-55-30-51-56-46-16-6-7-17-47(46)58(51)31-37-11-4-3-5-12-37/h3-9,11-18,23-25,27-28,42,55,59H,10,19-22,29-34H2,1-2H3. The van der Waals surface area contributed by atoms with Crippen molar-refractivity contribution in [3.63, 3.8) is 0 Å². The van der Waals surface area contributed by atoms with Gasteiger partial charge in [0.2, 0.25) is 0 Å². The van der Waals surface area contributed by atoms with Gasteiger partial charge in [-0.2, -0.15) is 5.26 Å². The molecule has 1 fully saturated rings. The third-order valence-electron chi connectivity index (χ3n) is 11.5. The minimum absolute atomic E-state index is 0.204. The van der Waals surface area contributed by atoms with Gasteiger partial charge in [-0.25, -0.2) is 4.98 Å². The number of likely N-dealkylation sites (tertiary alicyclic amines) is 1. The molecule has 62 heavy (non-hydrogen) atoms. The third kappa shape index (κ3) is 10.3. The van der Waals surface area contributed by atoms with Gasteiger partial charge in [0.1, 0.15) is 42.4 Å². The zero-order valence-electron chi connectivity index (χ0n) is 35.2. The Labute approximate surface area is 368 Å². The molecule has 8 rings (SSSR count). The second-order valence-corrected chi connectivity index (χ2v) is 16.2. The Morgan fingerprint density at radius 2 is 1.58 bits per heavy atom. The van der Waals surface area contributed by atoms with Crippen LogP contribution in [-0.2, 0) is 32.8 Å². The number of nitrogens with one attached hydrogen (secondary N) is 1. The zero-order chi connectivity index (χ0) is 42.8. The van der Waals surface area contributed by atoms with Gasteiger partial charge in [0.15, 0.2) is 0 Å². The van der Waals surface area contributed by atoms with Crippen molar-refractivity contribution in [2.45, 2.75) is 65.6 Å². The monoisotopic (exact) mass is 846 g/mol. The van der Waals surface area contributed by atoms with E-state index >= 15 is 0 Å². The maximum atomic E-state index is 9.85. The van der Waals surface area contributed by atoms with E-state index in [1.54, 1.807) is 12.3 Å². The van der Waals surface area contributed by atoms with Gasteiger partial charge >= 0.3 is 0 Å². The predicted octanol–water partition coefficient (Wildman–Crippen LogP) is 9.57. The zero-order valence-corrected chi connectivity index (χ0v) is 35.9. The highest BCUT2D eigenvalue weighted by Gasteiger charge is 2.20. The van der Waals surface area contributed by atoms with Crippen LogP contribution in [0.2, 0.25) is 5.02 Å². The molecule has 5 aromatic carbocycles. The molecule has 1 atom stereocenters. The van der Waals surface area contributed by atoms with Crippen LogP contribution in [0, 0.1) is 25.2 Å². The smallest absolute Gasteiger partial charge is 0.142 e. The number of nitrogens with zero attached hydrogens (tertiary/aromatic N) is 5. The Hall–Kier alpha value is -6.22. The van der Waals surface area contributed by atoms with E-state index < -0.39 is 0 Å². The number of aliphatic hydroxyl groups is 1. The van der Waals surface area contributed by atoms with Gasteiger partial charge in [-0.3, -0.25) is 4.98 Å². The summed E-state index contributed by atoms with van der Waals surface area (Å²) in [6.45, 7) is 9.62. The van der Waals surface area contributed by atoms with E-state index in [4.69, 9.17) is 30.8 Å². The second-order valence-electron chi connectivity index (χ2n) is 15.8. The van der Waals surface area contributed by atoms with Gasteiger partial charge in [-0.05, 0) is 90.4 Å². The summed E-state index contributed by atoms with van der Waals surface area (Å²) in [7, 11) is 0. The quantitative estimate of drug-likeness (QED) is 0.0815. The van der Waals surface area contributed by atoms with Gasteiger partial charge in [0.05, 0.1) is 40.9 Å². The molecule has 0 bridgehead atoms. The molecule has 1 aliphatic rings. The summed E-state index contributed by atoms with van der Waals surface area (Å²) < 4.78 is 21.4. The normalized spacial score (nSPS) is 14.0. The fraction of sp³-hybridized carbons (Fsp3) is 0.275. The summed E-state index contributed by atoms with van der Waals surface area (Å²) in [5, 5.41) is 23.4. The number of hydrogen-bond acceptors (Lipinski definition) is 9. The molecule has 1 aliphatic heterocycles. The van der Waals surface area contributed by atoms with E-state index in [0.717, 1.165) is 94.0 Å². The van der Waals surface area contributed by atoms with E-state index in [1.807, 2.05) is 48.5 Å². The minimum atomic E-state index is -0.208. The highest BCUT2D eigenvalue weighted by Crippen LogP contribution is 2.36. The van der Waals surface area contributed by atoms with Crippen molar-refractivity contribution in [2.75, 3.05) is 26.2 Å². The number of para-hydroxylation sites is 2. The number of benzene rings is 5. The molecule has 0 radical (unpaired) electrons. The molecular weight excluding hydrogens is 796 g/mol. The largest absolute Gasteiger partial charge is 0.493 e. The predicted molar refractivity (Wildman–Crippen MR) is 243 cm³/mol. The lowest BCUT2D eigenvalue weighted by Gasteiger charge is -2.19. The molecule has 0 amide bonds. The Balaban J connectivity index is 0.982. The molecular formula is C51H51ClN6O4. The van der Waals surface area contributed by atoms with Crippen LogP contribution >= 0.6 is 11.6 Å². The van der Waals surface area contributed by atoms with Gasteiger partial charge < -0.3 is 34.1 Å². The number of hydrogen-bond donors (Lipinski definition) is 2. The van der Waals surface area contributed by atoms with Crippen molar-refractivity contribution < 1.29 is 19.3 Å². The SMILES string of the molecule is Cc1c(COc2cc(OCc3cncc(C#N)c3)c(CNCc3nc4ccccc4n3Cc3ccccc3)cc2Cl)cccc1-c1cccc(OCCCN2CCC(O)C2)c1C. The number of aromatic nitrogens is 3. The van der Waals surface area contributed by atoms with Crippen LogP contribution in [0.3, 0.4) is 0 Å². The molecule has 0 saturated carbocycles. The van der Waals surface area contributed by atoms with E-state index in [0.29, 0.717) is 54.9 Å². The number of β-amino-alcohol motifs (C(OH)–C–C–N with tert-alkyl or cyclic N) is 1. The van der Waals surface area contributed by atoms with Crippen LogP contribution in [0.15, 0.2) is 122 Å². The molecule has 2 N–H and O–H groups in total. The maximum absolute atomic E-state index is 9.85. The number of fused-ring (bicyclic) bond motifs is 1. The average molecular weight is 847 g/mol. The fourth-order valence-electron chi connectivity index (χ4n) is 8.09. The van der Waals surface area contributed by atoms with Gasteiger partial charge in [-0.15, -0.1) is 0 Å². The van der Waals surface area contributed by atoms with E-state index in [2.05, 4.69) is 94.3 Å². The van der Waals surface area contributed by atoms with Crippen LogP contribution in [0.1, 0.15) is 57.6 Å². The first-order valence-corrected chi connectivity index (χ1v) is 21.5. The molecule has 1 unspecified atom stereocenters. The Morgan fingerprint density at radius 1 is 0.790 bits per heavy atom. The molecule has 2 aromatic heterocycles. The second kappa shape index (κ2) is 20.1. The molecule has 11 heteroatoms. The maximum Gasteiger partial charge on any atom is 0.142 e.